The minimum absolute atomic E-state index is 0.116. The Labute approximate surface area is 148 Å². The van der Waals surface area contributed by atoms with E-state index in [4.69, 9.17) is 0 Å². The Balaban J connectivity index is 1.81. The van der Waals surface area contributed by atoms with Gasteiger partial charge in [-0.25, -0.2) is 0 Å². The van der Waals surface area contributed by atoms with E-state index in [0.29, 0.717) is 17.9 Å². The van der Waals surface area contributed by atoms with Crippen molar-refractivity contribution in [2.24, 2.45) is 5.92 Å². The van der Waals surface area contributed by atoms with Gasteiger partial charge in [0.1, 0.15) is 0 Å². The van der Waals surface area contributed by atoms with Crippen LogP contribution in [0.3, 0.4) is 0 Å². The molecule has 130 valence electrons. The fraction of sp³-hybridized carbons (Fsp3) is 0.333. The maximum atomic E-state index is 12.4. The molecular formula is C21H24N2O2. The normalized spacial score (nSPS) is 13.8. The molecule has 4 nitrogen and oxygen atoms in total. The summed E-state index contributed by atoms with van der Waals surface area (Å²) in [4.78, 5) is 26.5. The van der Waals surface area contributed by atoms with Crippen LogP contribution in [0.2, 0.25) is 0 Å². The lowest BCUT2D eigenvalue weighted by molar-refractivity contribution is -0.119. The summed E-state index contributed by atoms with van der Waals surface area (Å²) in [6.07, 6.45) is 1.24. The minimum Gasteiger partial charge on any atom is -0.322 e. The highest BCUT2D eigenvalue weighted by Gasteiger charge is 2.24. The summed E-state index contributed by atoms with van der Waals surface area (Å²) >= 11 is 0. The highest BCUT2D eigenvalue weighted by atomic mass is 16.2. The molecule has 0 aliphatic carbocycles. The lowest BCUT2D eigenvalue weighted by Crippen LogP contribution is -2.37. The van der Waals surface area contributed by atoms with Gasteiger partial charge in [-0.05, 0) is 55.2 Å². The van der Waals surface area contributed by atoms with Crippen LogP contribution in [0.1, 0.15) is 41.8 Å². The number of carbonyl (C=O) groups is 2. The molecule has 1 aliphatic heterocycles. The van der Waals surface area contributed by atoms with E-state index in [9.17, 15) is 9.59 Å². The molecule has 1 aliphatic rings. The first-order valence-electron chi connectivity index (χ1n) is 8.75. The largest absolute Gasteiger partial charge is 0.322 e. The first-order valence-corrected chi connectivity index (χ1v) is 8.75. The van der Waals surface area contributed by atoms with Gasteiger partial charge in [-0.3, -0.25) is 9.59 Å². The highest BCUT2D eigenvalue weighted by molar-refractivity contribution is 6.05. The number of nitrogens with one attached hydrogen (secondary N) is 1. The summed E-state index contributed by atoms with van der Waals surface area (Å²) in [5, 5.41) is 2.96. The third kappa shape index (κ3) is 3.90. The van der Waals surface area contributed by atoms with E-state index in [1.54, 1.807) is 0 Å². The Hall–Kier alpha value is -2.62. The van der Waals surface area contributed by atoms with Crippen LogP contribution in [0.25, 0.3) is 0 Å². The molecule has 0 unspecified atom stereocenters. The number of hydrogen-bond donors (Lipinski definition) is 1. The van der Waals surface area contributed by atoms with Crippen molar-refractivity contribution in [1.82, 2.24) is 0 Å². The van der Waals surface area contributed by atoms with E-state index in [0.717, 1.165) is 35.5 Å². The van der Waals surface area contributed by atoms with Crippen LogP contribution in [0.4, 0.5) is 11.4 Å². The van der Waals surface area contributed by atoms with Gasteiger partial charge in [0.2, 0.25) is 5.91 Å². The number of fused-ring (bicyclic) bond motifs is 1. The van der Waals surface area contributed by atoms with Crippen molar-refractivity contribution >= 4 is 23.2 Å². The zero-order valence-corrected chi connectivity index (χ0v) is 15.0. The van der Waals surface area contributed by atoms with Gasteiger partial charge in [-0.2, -0.15) is 0 Å². The number of carbonyl (C=O) groups excluding carboxylic acids is 2. The highest BCUT2D eigenvalue weighted by Crippen LogP contribution is 2.31. The predicted octanol–water partition coefficient (Wildman–Crippen LogP) is 4.18. The molecule has 4 heteroatoms. The Morgan fingerprint density at radius 2 is 1.96 bits per heavy atom. The number of rotatable bonds is 4. The summed E-state index contributed by atoms with van der Waals surface area (Å²) in [6.45, 7) is 6.91. The first-order chi connectivity index (χ1) is 11.9. The van der Waals surface area contributed by atoms with Crippen LogP contribution in [-0.4, -0.2) is 18.4 Å². The van der Waals surface area contributed by atoms with Crippen LogP contribution in [0.15, 0.2) is 42.5 Å². The molecule has 0 bridgehead atoms. The van der Waals surface area contributed by atoms with Gasteiger partial charge in [0.15, 0.2) is 0 Å². The third-order valence-electron chi connectivity index (χ3n) is 4.37. The lowest BCUT2D eigenvalue weighted by atomic mass is 9.99. The smallest absolute Gasteiger partial charge is 0.255 e. The number of anilines is 2. The van der Waals surface area contributed by atoms with Crippen molar-refractivity contribution in [2.45, 2.75) is 33.6 Å². The Morgan fingerprint density at radius 1 is 1.16 bits per heavy atom. The average Bonchev–Trinajstić information content (AvgIpc) is 2.57. The zero-order chi connectivity index (χ0) is 18.0. The lowest BCUT2D eigenvalue weighted by Gasteiger charge is -2.31. The molecule has 1 N–H and O–H groups in total. The van der Waals surface area contributed by atoms with Crippen molar-refractivity contribution < 1.29 is 9.59 Å². The Bertz CT molecular complexity index is 811. The molecule has 0 fully saturated rings. The van der Waals surface area contributed by atoms with Crippen LogP contribution in [0, 0.1) is 12.8 Å². The van der Waals surface area contributed by atoms with Gasteiger partial charge in [-0.15, -0.1) is 0 Å². The molecule has 0 atom stereocenters. The molecule has 3 rings (SSSR count). The molecule has 2 aromatic rings. The maximum absolute atomic E-state index is 12.4. The Morgan fingerprint density at radius 3 is 2.68 bits per heavy atom. The summed E-state index contributed by atoms with van der Waals surface area (Å²) < 4.78 is 0. The van der Waals surface area contributed by atoms with Crippen LogP contribution in [-0.2, 0) is 11.2 Å². The van der Waals surface area contributed by atoms with Gasteiger partial charge in [0, 0.05) is 29.9 Å². The summed E-state index contributed by atoms with van der Waals surface area (Å²) in [5.74, 6) is 0.475. The molecule has 1 heterocycles. The second-order valence-electron chi connectivity index (χ2n) is 7.07. The van der Waals surface area contributed by atoms with Gasteiger partial charge in [-0.1, -0.05) is 31.5 Å². The molecule has 0 aromatic heterocycles. The molecule has 0 radical (unpaired) electrons. The fourth-order valence-corrected chi connectivity index (χ4v) is 3.19. The number of hydrogen-bond acceptors (Lipinski definition) is 2. The van der Waals surface area contributed by atoms with Gasteiger partial charge < -0.3 is 10.2 Å². The molecule has 0 spiro atoms. The SMILES string of the molecule is Cc1cccc(C(=O)Nc2ccc3c(c2)CCC(=O)N3CC(C)C)c1. The van der Waals surface area contributed by atoms with E-state index >= 15 is 0 Å². The maximum Gasteiger partial charge on any atom is 0.255 e. The van der Waals surface area contributed by atoms with Gasteiger partial charge in [0.05, 0.1) is 0 Å². The molecule has 2 amide bonds. The van der Waals surface area contributed by atoms with Crippen molar-refractivity contribution in [3.63, 3.8) is 0 Å². The second-order valence-corrected chi connectivity index (χ2v) is 7.07. The number of amides is 2. The monoisotopic (exact) mass is 336 g/mol. The van der Waals surface area contributed by atoms with Crippen LogP contribution in [0.5, 0.6) is 0 Å². The second kappa shape index (κ2) is 7.09. The van der Waals surface area contributed by atoms with Crippen molar-refractivity contribution in [3.8, 4) is 0 Å². The first kappa shape index (κ1) is 17.2. The number of aryl methyl sites for hydroxylation is 2. The van der Waals surface area contributed by atoms with Crippen LogP contribution < -0.4 is 10.2 Å². The quantitative estimate of drug-likeness (QED) is 0.910. The van der Waals surface area contributed by atoms with E-state index in [1.807, 2.05) is 54.3 Å². The molecular weight excluding hydrogens is 312 g/mol. The van der Waals surface area contributed by atoms with E-state index in [1.165, 1.54) is 0 Å². The van der Waals surface area contributed by atoms with Gasteiger partial charge in [0.25, 0.3) is 5.91 Å². The Kier molecular flexibility index (Phi) is 4.88. The van der Waals surface area contributed by atoms with Crippen molar-refractivity contribution in [2.75, 3.05) is 16.8 Å². The molecule has 0 saturated heterocycles. The van der Waals surface area contributed by atoms with E-state index in [2.05, 4.69) is 19.2 Å². The molecule has 25 heavy (non-hydrogen) atoms. The summed E-state index contributed by atoms with van der Waals surface area (Å²) in [7, 11) is 0. The fourth-order valence-electron chi connectivity index (χ4n) is 3.19. The average molecular weight is 336 g/mol. The molecule has 0 saturated carbocycles. The summed E-state index contributed by atoms with van der Waals surface area (Å²) in [5.41, 5.74) is 4.56. The molecule has 2 aromatic carbocycles. The number of benzene rings is 2. The van der Waals surface area contributed by atoms with E-state index < -0.39 is 0 Å². The summed E-state index contributed by atoms with van der Waals surface area (Å²) in [6, 6.07) is 13.3. The van der Waals surface area contributed by atoms with Crippen molar-refractivity contribution in [3.05, 3.63) is 59.2 Å². The van der Waals surface area contributed by atoms with Crippen molar-refractivity contribution in [1.29, 1.82) is 0 Å². The third-order valence-corrected chi connectivity index (χ3v) is 4.37. The van der Waals surface area contributed by atoms with Gasteiger partial charge >= 0.3 is 0 Å². The minimum atomic E-state index is -0.116. The zero-order valence-electron chi connectivity index (χ0n) is 15.0. The standard InChI is InChI=1S/C21H24N2O2/c1-14(2)13-23-19-9-8-18(12-16(19)7-10-20(23)24)22-21(25)17-6-4-5-15(3)11-17/h4-6,8-9,11-12,14H,7,10,13H2,1-3H3,(H,22,25). The van der Waals surface area contributed by atoms with E-state index in [-0.39, 0.29) is 11.8 Å². The topological polar surface area (TPSA) is 49.4 Å². The van der Waals surface area contributed by atoms with Crippen LogP contribution >= 0.6 is 0 Å². The predicted molar refractivity (Wildman–Crippen MR) is 101 cm³/mol. The number of nitrogens with zero attached hydrogens (tertiary/aromatic N) is 1.